The molecule has 0 aromatic carbocycles. The van der Waals surface area contributed by atoms with Crippen LogP contribution < -0.4 is 0 Å². The van der Waals surface area contributed by atoms with Crippen LogP contribution in [-0.2, 0) is 17.0 Å². The van der Waals surface area contributed by atoms with E-state index in [0.717, 1.165) is 30.9 Å². The van der Waals surface area contributed by atoms with Gasteiger partial charge in [0.1, 0.15) is 5.76 Å². The van der Waals surface area contributed by atoms with Crippen molar-refractivity contribution in [3.8, 4) is 0 Å². The minimum Gasteiger partial charge on any atom is -0.448 e. The Kier molecular flexibility index (Phi) is 4.11. The topological polar surface area (TPSA) is 35.3 Å². The smallest absolute Gasteiger partial charge is 0.181 e. The van der Waals surface area contributed by atoms with E-state index < -0.39 is 0 Å². The van der Waals surface area contributed by atoms with Crippen molar-refractivity contribution in [3.63, 3.8) is 0 Å². The Hall–Kier alpha value is -0.540. The third-order valence-electron chi connectivity index (χ3n) is 1.60. The van der Waals surface area contributed by atoms with Crippen LogP contribution in [0.4, 0.5) is 0 Å². The molecular formula is C8H12ClNO2. The lowest BCUT2D eigenvalue weighted by Crippen LogP contribution is -1.94. The molecule has 1 heterocycles. The molecule has 0 fully saturated rings. The molecule has 12 heavy (non-hydrogen) atoms. The third kappa shape index (κ3) is 2.50. The second-order valence-corrected chi connectivity index (χ2v) is 2.72. The highest BCUT2D eigenvalue weighted by Crippen LogP contribution is 2.11. The van der Waals surface area contributed by atoms with Gasteiger partial charge in [-0.1, -0.05) is 0 Å². The Labute approximate surface area is 76.7 Å². The van der Waals surface area contributed by atoms with E-state index >= 15 is 0 Å². The summed E-state index contributed by atoms with van der Waals surface area (Å²) in [6.45, 7) is 0.739. The molecule has 1 aromatic heterocycles. The van der Waals surface area contributed by atoms with E-state index in [-0.39, 0.29) is 0 Å². The summed E-state index contributed by atoms with van der Waals surface area (Å²) < 4.78 is 10.1. The van der Waals surface area contributed by atoms with Crippen molar-refractivity contribution in [2.75, 3.05) is 13.7 Å². The van der Waals surface area contributed by atoms with Crippen molar-refractivity contribution in [3.05, 3.63) is 17.8 Å². The van der Waals surface area contributed by atoms with Gasteiger partial charge in [0.05, 0.1) is 11.6 Å². The van der Waals surface area contributed by atoms with E-state index in [0.29, 0.717) is 5.88 Å². The summed E-state index contributed by atoms with van der Waals surface area (Å²) in [5.74, 6) is 1.29. The fourth-order valence-electron chi connectivity index (χ4n) is 0.983. The first-order valence-corrected chi connectivity index (χ1v) is 4.38. The Morgan fingerprint density at radius 1 is 1.67 bits per heavy atom. The summed E-state index contributed by atoms with van der Waals surface area (Å²) in [4.78, 5) is 3.97. The predicted octanol–water partition coefficient (Wildman–Crippen LogP) is 1.99. The van der Waals surface area contributed by atoms with Gasteiger partial charge in [0, 0.05) is 20.1 Å². The molecule has 0 aliphatic heterocycles. The largest absolute Gasteiger partial charge is 0.448 e. The maximum absolute atomic E-state index is 5.63. The molecule has 0 saturated carbocycles. The summed E-state index contributed by atoms with van der Waals surface area (Å²) >= 11 is 5.63. The molecule has 0 unspecified atom stereocenters. The van der Waals surface area contributed by atoms with Crippen LogP contribution in [-0.4, -0.2) is 18.7 Å². The molecule has 0 N–H and O–H groups in total. The van der Waals surface area contributed by atoms with Crippen molar-refractivity contribution in [1.82, 2.24) is 4.98 Å². The molecule has 0 amide bonds. The van der Waals surface area contributed by atoms with Gasteiger partial charge in [0.2, 0.25) is 0 Å². The van der Waals surface area contributed by atoms with E-state index in [4.69, 9.17) is 20.8 Å². The number of hydrogen-bond donors (Lipinski definition) is 0. The van der Waals surface area contributed by atoms with Crippen LogP contribution in [0, 0.1) is 0 Å². The molecule has 0 radical (unpaired) electrons. The Morgan fingerprint density at radius 2 is 2.50 bits per heavy atom. The van der Waals surface area contributed by atoms with E-state index in [2.05, 4.69) is 4.98 Å². The van der Waals surface area contributed by atoms with Crippen molar-refractivity contribution >= 4 is 11.6 Å². The number of rotatable bonds is 5. The highest BCUT2D eigenvalue weighted by molar-refractivity contribution is 6.16. The quantitative estimate of drug-likeness (QED) is 0.525. The van der Waals surface area contributed by atoms with Gasteiger partial charge >= 0.3 is 0 Å². The number of oxazole rings is 1. The first-order valence-electron chi connectivity index (χ1n) is 3.84. The molecule has 4 heteroatoms. The zero-order valence-corrected chi connectivity index (χ0v) is 7.80. The van der Waals surface area contributed by atoms with Gasteiger partial charge in [-0.2, -0.15) is 0 Å². The minimum absolute atomic E-state index is 0.415. The second-order valence-electron chi connectivity index (χ2n) is 2.45. The van der Waals surface area contributed by atoms with Gasteiger partial charge in [0.15, 0.2) is 6.39 Å². The van der Waals surface area contributed by atoms with E-state index in [1.807, 2.05) is 0 Å². The van der Waals surface area contributed by atoms with Crippen LogP contribution in [0.25, 0.3) is 0 Å². The maximum Gasteiger partial charge on any atom is 0.181 e. The summed E-state index contributed by atoms with van der Waals surface area (Å²) in [5, 5.41) is 0. The highest BCUT2D eigenvalue weighted by Gasteiger charge is 2.05. The summed E-state index contributed by atoms with van der Waals surface area (Å²) in [6, 6.07) is 0. The number of aryl methyl sites for hydroxylation is 1. The molecule has 0 aliphatic carbocycles. The molecule has 0 bridgehead atoms. The van der Waals surface area contributed by atoms with Crippen LogP contribution in [0.5, 0.6) is 0 Å². The number of hydrogen-bond acceptors (Lipinski definition) is 3. The van der Waals surface area contributed by atoms with Crippen molar-refractivity contribution in [2.45, 2.75) is 18.7 Å². The predicted molar refractivity (Wildman–Crippen MR) is 46.3 cm³/mol. The third-order valence-corrected chi connectivity index (χ3v) is 1.86. The first-order chi connectivity index (χ1) is 5.88. The standard InChI is InChI=1S/C8H12ClNO2/c1-11-4-2-3-8-7(5-9)10-6-12-8/h6H,2-5H2,1H3. The normalized spacial score (nSPS) is 10.5. The van der Waals surface area contributed by atoms with Crippen LogP contribution in [0.15, 0.2) is 10.8 Å². The van der Waals surface area contributed by atoms with Crippen molar-refractivity contribution < 1.29 is 9.15 Å². The SMILES string of the molecule is COCCCc1ocnc1CCl. The summed E-state index contributed by atoms with van der Waals surface area (Å²) in [6.07, 6.45) is 3.21. The lowest BCUT2D eigenvalue weighted by molar-refractivity contribution is 0.193. The number of nitrogens with zero attached hydrogens (tertiary/aromatic N) is 1. The average Bonchev–Trinajstić information content (AvgIpc) is 2.52. The first kappa shape index (κ1) is 9.55. The van der Waals surface area contributed by atoms with Gasteiger partial charge in [-0.3, -0.25) is 0 Å². The Balaban J connectivity index is 2.39. The molecule has 0 atom stereocenters. The molecule has 1 rings (SSSR count). The van der Waals surface area contributed by atoms with Crippen molar-refractivity contribution in [1.29, 1.82) is 0 Å². The molecule has 68 valence electrons. The molecule has 0 saturated heterocycles. The summed E-state index contributed by atoms with van der Waals surface area (Å²) in [5.41, 5.74) is 0.841. The number of halogens is 1. The highest BCUT2D eigenvalue weighted by atomic mass is 35.5. The minimum atomic E-state index is 0.415. The lowest BCUT2D eigenvalue weighted by atomic mass is 10.2. The Bertz CT molecular complexity index is 225. The van der Waals surface area contributed by atoms with Gasteiger partial charge in [-0.05, 0) is 6.42 Å². The molecule has 1 aromatic rings. The maximum atomic E-state index is 5.63. The van der Waals surface area contributed by atoms with Crippen LogP contribution in [0.3, 0.4) is 0 Å². The fraction of sp³-hybridized carbons (Fsp3) is 0.625. The van der Waals surface area contributed by atoms with E-state index in [1.54, 1.807) is 7.11 Å². The number of ether oxygens (including phenoxy) is 1. The second kappa shape index (κ2) is 5.17. The molecule has 0 spiro atoms. The Morgan fingerprint density at radius 3 is 3.17 bits per heavy atom. The zero-order chi connectivity index (χ0) is 8.81. The summed E-state index contributed by atoms with van der Waals surface area (Å²) in [7, 11) is 1.68. The van der Waals surface area contributed by atoms with E-state index in [1.165, 1.54) is 6.39 Å². The molecule has 3 nitrogen and oxygen atoms in total. The van der Waals surface area contributed by atoms with Gasteiger partial charge < -0.3 is 9.15 Å². The lowest BCUT2D eigenvalue weighted by Gasteiger charge is -1.97. The van der Waals surface area contributed by atoms with Gasteiger partial charge in [-0.15, -0.1) is 11.6 Å². The van der Waals surface area contributed by atoms with Crippen LogP contribution in [0.1, 0.15) is 17.9 Å². The van der Waals surface area contributed by atoms with Crippen LogP contribution >= 0.6 is 11.6 Å². The monoisotopic (exact) mass is 189 g/mol. The molecule has 0 aliphatic rings. The van der Waals surface area contributed by atoms with E-state index in [9.17, 15) is 0 Å². The van der Waals surface area contributed by atoms with Gasteiger partial charge in [-0.25, -0.2) is 4.98 Å². The number of alkyl halides is 1. The number of methoxy groups -OCH3 is 1. The average molecular weight is 190 g/mol. The molecular weight excluding hydrogens is 178 g/mol. The number of aromatic nitrogens is 1. The fourth-order valence-corrected chi connectivity index (χ4v) is 1.20. The van der Waals surface area contributed by atoms with Crippen LogP contribution in [0.2, 0.25) is 0 Å². The zero-order valence-electron chi connectivity index (χ0n) is 7.05. The van der Waals surface area contributed by atoms with Gasteiger partial charge in [0.25, 0.3) is 0 Å². The van der Waals surface area contributed by atoms with Crippen molar-refractivity contribution in [2.24, 2.45) is 0 Å².